The van der Waals surface area contributed by atoms with Crippen LogP contribution in [0.4, 0.5) is 14.5 Å². The smallest absolute Gasteiger partial charge is 0.423 e. The number of fused-ring (bicyclic) bond motifs is 2. The zero-order valence-corrected chi connectivity index (χ0v) is 14.7. The van der Waals surface area contributed by atoms with Gasteiger partial charge in [-0.15, -0.1) is 0 Å². The molecule has 2 aromatic heterocycles. The van der Waals surface area contributed by atoms with E-state index in [2.05, 4.69) is 14.8 Å². The first-order valence-electron chi connectivity index (χ1n) is 7.97. The summed E-state index contributed by atoms with van der Waals surface area (Å²) in [6, 6.07) is 7.66. The molecule has 10 heteroatoms. The molecule has 1 N–H and O–H groups in total. The lowest BCUT2D eigenvalue weighted by Crippen LogP contribution is -2.50. The van der Waals surface area contributed by atoms with E-state index >= 15 is 0 Å². The van der Waals surface area contributed by atoms with Gasteiger partial charge in [0.25, 0.3) is 0 Å². The molecule has 0 unspecified atom stereocenters. The molecule has 0 saturated carbocycles. The van der Waals surface area contributed by atoms with E-state index in [0.717, 1.165) is 4.90 Å². The van der Waals surface area contributed by atoms with Gasteiger partial charge in [-0.05, 0) is 25.1 Å². The Hall–Kier alpha value is -2.78. The Balaban J connectivity index is 1.79. The van der Waals surface area contributed by atoms with E-state index in [0.29, 0.717) is 11.3 Å². The number of ether oxygens (including phenoxy) is 1. The zero-order chi connectivity index (χ0) is 19.3. The van der Waals surface area contributed by atoms with Crippen LogP contribution in [-0.4, -0.2) is 31.7 Å². The van der Waals surface area contributed by atoms with Crippen molar-refractivity contribution in [2.24, 2.45) is 0 Å². The Morgan fingerprint density at radius 1 is 1.33 bits per heavy atom. The molecule has 0 spiro atoms. The maximum Gasteiger partial charge on any atom is 0.483 e. The van der Waals surface area contributed by atoms with Crippen molar-refractivity contribution < 1.29 is 23.4 Å². The van der Waals surface area contributed by atoms with Crippen molar-refractivity contribution >= 4 is 28.8 Å². The minimum atomic E-state index is -4.06. The second-order valence-electron chi connectivity index (χ2n) is 6.07. The first-order valence-corrected chi connectivity index (χ1v) is 8.34. The molecule has 0 fully saturated rings. The highest BCUT2D eigenvalue weighted by Gasteiger charge is 2.51. The number of nitrogens with zero attached hydrogens (tertiary/aromatic N) is 4. The quantitative estimate of drug-likeness (QED) is 0.738. The van der Waals surface area contributed by atoms with Crippen LogP contribution in [0.25, 0.3) is 5.65 Å². The number of carbonyl (C=O) groups excluding carboxylic acids is 1. The molecular formula is C17H13ClF2N4O3. The molecule has 3 aromatic rings. The molecule has 0 bridgehead atoms. The Morgan fingerprint density at radius 2 is 2.11 bits per heavy atom. The number of carbonyl (C=O) groups is 1. The summed E-state index contributed by atoms with van der Waals surface area (Å²) in [7, 11) is 0. The number of aliphatic hydroxyl groups excluding tert-OH is 1. The van der Waals surface area contributed by atoms with Gasteiger partial charge in [-0.2, -0.15) is 13.9 Å². The highest BCUT2D eigenvalue weighted by molar-refractivity contribution is 6.29. The van der Waals surface area contributed by atoms with Gasteiger partial charge >= 0.3 is 12.0 Å². The van der Waals surface area contributed by atoms with Gasteiger partial charge in [0.2, 0.25) is 0 Å². The van der Waals surface area contributed by atoms with Gasteiger partial charge in [-0.1, -0.05) is 23.7 Å². The van der Waals surface area contributed by atoms with E-state index < -0.39 is 18.1 Å². The minimum absolute atomic E-state index is 0.132. The third-order valence-corrected chi connectivity index (χ3v) is 4.35. The van der Waals surface area contributed by atoms with E-state index in [9.17, 15) is 18.7 Å². The number of aliphatic hydroxyl groups is 1. The van der Waals surface area contributed by atoms with Gasteiger partial charge in [0, 0.05) is 5.56 Å². The molecule has 1 amide bonds. The second kappa shape index (κ2) is 6.14. The Bertz CT molecular complexity index is 1050. The van der Waals surface area contributed by atoms with Crippen LogP contribution in [0.5, 0.6) is 5.75 Å². The summed E-state index contributed by atoms with van der Waals surface area (Å²) < 4.78 is 34.4. The molecule has 0 saturated heterocycles. The lowest BCUT2D eigenvalue weighted by Gasteiger charge is -2.34. The third-order valence-electron chi connectivity index (χ3n) is 4.15. The Labute approximate surface area is 156 Å². The minimum Gasteiger partial charge on any atom is -0.423 e. The number of alkyl halides is 2. The second-order valence-corrected chi connectivity index (χ2v) is 6.46. The van der Waals surface area contributed by atoms with Gasteiger partial charge in [-0.25, -0.2) is 9.50 Å². The lowest BCUT2D eigenvalue weighted by molar-refractivity contribution is -0.193. The van der Waals surface area contributed by atoms with Crippen LogP contribution in [-0.2, 0) is 11.3 Å². The van der Waals surface area contributed by atoms with Crippen LogP contribution in [0.15, 0.2) is 36.5 Å². The van der Waals surface area contributed by atoms with Gasteiger partial charge in [0.05, 0.1) is 30.2 Å². The number of aromatic nitrogens is 3. The van der Waals surface area contributed by atoms with E-state index in [-0.39, 0.29) is 28.7 Å². The summed E-state index contributed by atoms with van der Waals surface area (Å²) in [4.78, 5) is 17.4. The maximum absolute atomic E-state index is 14.2. The fourth-order valence-electron chi connectivity index (χ4n) is 2.94. The summed E-state index contributed by atoms with van der Waals surface area (Å²) in [6.07, 6.45) is -3.61. The SMILES string of the molecule is C[C@H](O)c1cccc2c1OC(F)(F)C(=O)N2Cc1cn2nc(Cl)ccc2n1. The standard InChI is InChI=1S/C17H13ClF2N4O3/c1-9(25)11-3-2-4-12-15(11)27-17(19,20)16(26)23(12)7-10-8-24-14(21-10)6-5-13(18)22-24/h2-6,8-9,25H,7H2,1H3/t9-/m0/s1. The lowest BCUT2D eigenvalue weighted by atomic mass is 10.1. The molecule has 140 valence electrons. The Kier molecular flexibility index (Phi) is 4.01. The third kappa shape index (κ3) is 2.98. The topological polar surface area (TPSA) is 80.0 Å². The molecule has 27 heavy (non-hydrogen) atoms. The predicted molar refractivity (Wildman–Crippen MR) is 91.8 cm³/mol. The fraction of sp³-hybridized carbons (Fsp3) is 0.235. The normalized spacial score (nSPS) is 16.9. The number of para-hydroxylation sites is 1. The highest BCUT2D eigenvalue weighted by atomic mass is 35.5. The molecule has 7 nitrogen and oxygen atoms in total. The molecule has 1 aromatic carbocycles. The van der Waals surface area contributed by atoms with Crippen molar-refractivity contribution in [1.82, 2.24) is 14.6 Å². The van der Waals surface area contributed by atoms with Crippen molar-refractivity contribution in [3.05, 3.63) is 52.9 Å². The highest BCUT2D eigenvalue weighted by Crippen LogP contribution is 2.44. The van der Waals surface area contributed by atoms with Gasteiger partial charge in [0.15, 0.2) is 11.4 Å². The van der Waals surface area contributed by atoms with Gasteiger partial charge < -0.3 is 9.84 Å². The van der Waals surface area contributed by atoms with Gasteiger partial charge in [0.1, 0.15) is 5.15 Å². The molecule has 0 aliphatic carbocycles. The summed E-state index contributed by atoms with van der Waals surface area (Å²) in [5, 5.41) is 14.1. The number of imidazole rings is 1. The number of halogens is 3. The number of amides is 1. The van der Waals surface area contributed by atoms with Crippen LogP contribution >= 0.6 is 11.6 Å². The van der Waals surface area contributed by atoms with Crippen molar-refractivity contribution in [1.29, 1.82) is 0 Å². The summed E-state index contributed by atoms with van der Waals surface area (Å²) in [6.45, 7) is 1.20. The van der Waals surface area contributed by atoms with Crippen LogP contribution in [0.3, 0.4) is 0 Å². The van der Waals surface area contributed by atoms with Crippen molar-refractivity contribution in [3.63, 3.8) is 0 Å². The fourth-order valence-corrected chi connectivity index (χ4v) is 3.08. The molecular weight excluding hydrogens is 382 g/mol. The molecule has 0 radical (unpaired) electrons. The number of anilines is 1. The van der Waals surface area contributed by atoms with Crippen LogP contribution in [0, 0.1) is 0 Å². The average Bonchev–Trinajstić information content (AvgIpc) is 2.99. The van der Waals surface area contributed by atoms with Crippen LogP contribution in [0.2, 0.25) is 5.15 Å². The molecule has 1 aliphatic heterocycles. The number of hydrogen-bond acceptors (Lipinski definition) is 5. The molecule has 1 atom stereocenters. The Morgan fingerprint density at radius 3 is 2.85 bits per heavy atom. The molecule has 1 aliphatic rings. The van der Waals surface area contributed by atoms with E-state index in [1.165, 1.54) is 29.8 Å². The van der Waals surface area contributed by atoms with Crippen molar-refractivity contribution in [3.8, 4) is 5.75 Å². The van der Waals surface area contributed by atoms with Crippen molar-refractivity contribution in [2.75, 3.05) is 4.90 Å². The first-order chi connectivity index (χ1) is 12.8. The molecule has 4 rings (SSSR count). The summed E-state index contributed by atoms with van der Waals surface area (Å²) in [5.74, 6) is -1.75. The number of hydrogen-bond donors (Lipinski definition) is 1. The number of rotatable bonds is 3. The largest absolute Gasteiger partial charge is 0.483 e. The van der Waals surface area contributed by atoms with Crippen LogP contribution < -0.4 is 9.64 Å². The summed E-state index contributed by atoms with van der Waals surface area (Å²) in [5.41, 5.74) is 1.09. The van der Waals surface area contributed by atoms with E-state index in [1.54, 1.807) is 18.2 Å². The molecule has 3 heterocycles. The predicted octanol–water partition coefficient (Wildman–Crippen LogP) is 2.95. The van der Waals surface area contributed by atoms with E-state index in [1.807, 2.05) is 0 Å². The average molecular weight is 395 g/mol. The number of benzene rings is 1. The monoisotopic (exact) mass is 394 g/mol. The van der Waals surface area contributed by atoms with E-state index in [4.69, 9.17) is 11.6 Å². The van der Waals surface area contributed by atoms with Crippen LogP contribution in [0.1, 0.15) is 24.3 Å². The summed E-state index contributed by atoms with van der Waals surface area (Å²) >= 11 is 5.83. The first kappa shape index (κ1) is 17.6. The van der Waals surface area contributed by atoms with Crippen molar-refractivity contribution in [2.45, 2.75) is 25.7 Å². The zero-order valence-electron chi connectivity index (χ0n) is 13.9. The van der Waals surface area contributed by atoms with Gasteiger partial charge in [-0.3, -0.25) is 9.69 Å². The maximum atomic E-state index is 14.2.